The van der Waals surface area contributed by atoms with E-state index in [1.807, 2.05) is 47.8 Å². The largest absolute Gasteiger partial charge is 0.321 e. The summed E-state index contributed by atoms with van der Waals surface area (Å²) in [6.45, 7) is 6.30. The third-order valence-electron chi connectivity index (χ3n) is 4.42. The first kappa shape index (κ1) is 18.3. The van der Waals surface area contributed by atoms with Gasteiger partial charge < -0.3 is 4.98 Å². The zero-order chi connectivity index (χ0) is 19.7. The highest BCUT2D eigenvalue weighted by molar-refractivity contribution is 7.13. The second kappa shape index (κ2) is 7.14. The first-order valence-corrected chi connectivity index (χ1v) is 10.1. The first-order chi connectivity index (χ1) is 13.4. The number of aromatic nitrogens is 1. The molecule has 0 fully saturated rings. The standard InChI is InChI=1S/C25H21NOS/c1-25(2,3)14-13-17-8-6-9-18(16-17)22-19-10-4-5-11-20(19)26-24(27)23(22)21-12-7-15-28-21/h4-12,15-16H,1-3H3,(H,26,27). The maximum Gasteiger partial charge on any atom is 0.257 e. The number of rotatable bonds is 2. The third-order valence-corrected chi connectivity index (χ3v) is 5.31. The summed E-state index contributed by atoms with van der Waals surface area (Å²) >= 11 is 1.58. The minimum atomic E-state index is -0.0673. The van der Waals surface area contributed by atoms with Crippen molar-refractivity contribution < 1.29 is 0 Å². The Morgan fingerprint density at radius 1 is 0.929 bits per heavy atom. The minimum Gasteiger partial charge on any atom is -0.321 e. The molecule has 0 saturated heterocycles. The molecule has 0 atom stereocenters. The van der Waals surface area contributed by atoms with Crippen molar-refractivity contribution in [3.8, 4) is 33.4 Å². The summed E-state index contributed by atoms with van der Waals surface area (Å²) in [5.41, 5.74) is 4.35. The summed E-state index contributed by atoms with van der Waals surface area (Å²) < 4.78 is 0. The van der Waals surface area contributed by atoms with Crippen LogP contribution in [0.1, 0.15) is 26.3 Å². The monoisotopic (exact) mass is 383 g/mol. The fraction of sp³-hybridized carbons (Fsp3) is 0.160. The zero-order valence-corrected chi connectivity index (χ0v) is 17.0. The second-order valence-corrected chi connectivity index (χ2v) is 8.76. The van der Waals surface area contributed by atoms with Gasteiger partial charge in [-0.05, 0) is 56.0 Å². The van der Waals surface area contributed by atoms with E-state index in [0.717, 1.165) is 38.0 Å². The van der Waals surface area contributed by atoms with Gasteiger partial charge in [-0.25, -0.2) is 0 Å². The van der Waals surface area contributed by atoms with Gasteiger partial charge in [-0.1, -0.05) is 48.2 Å². The Morgan fingerprint density at radius 3 is 2.50 bits per heavy atom. The van der Waals surface area contributed by atoms with Crippen LogP contribution in [0.5, 0.6) is 0 Å². The molecule has 0 amide bonds. The lowest BCUT2D eigenvalue weighted by Crippen LogP contribution is -2.10. The van der Waals surface area contributed by atoms with Crippen molar-refractivity contribution in [2.75, 3.05) is 0 Å². The van der Waals surface area contributed by atoms with Crippen molar-refractivity contribution in [3.63, 3.8) is 0 Å². The van der Waals surface area contributed by atoms with E-state index in [2.05, 4.69) is 55.8 Å². The molecule has 0 aliphatic heterocycles. The van der Waals surface area contributed by atoms with Gasteiger partial charge in [0.25, 0.3) is 5.56 Å². The molecule has 138 valence electrons. The molecule has 0 radical (unpaired) electrons. The van der Waals surface area contributed by atoms with Gasteiger partial charge in [-0.2, -0.15) is 0 Å². The molecule has 2 aromatic carbocycles. The average molecular weight is 384 g/mol. The molecule has 4 aromatic rings. The number of benzene rings is 2. The molecule has 0 saturated carbocycles. The number of H-pyrrole nitrogens is 1. The summed E-state index contributed by atoms with van der Waals surface area (Å²) in [6.07, 6.45) is 0. The van der Waals surface area contributed by atoms with Gasteiger partial charge in [-0.3, -0.25) is 4.79 Å². The SMILES string of the molecule is CC(C)(C)C#Cc1cccc(-c2c(-c3cccs3)c(=O)[nH]c3ccccc23)c1. The van der Waals surface area contributed by atoms with Gasteiger partial charge in [0.15, 0.2) is 0 Å². The molecule has 1 N–H and O–H groups in total. The Bertz CT molecular complexity index is 1260. The van der Waals surface area contributed by atoms with Crippen molar-refractivity contribution in [2.24, 2.45) is 5.41 Å². The number of aromatic amines is 1. The normalized spacial score (nSPS) is 11.2. The molecular formula is C25H21NOS. The Kier molecular flexibility index (Phi) is 4.66. The maximum atomic E-state index is 13.0. The fourth-order valence-corrected chi connectivity index (χ4v) is 3.98. The van der Waals surface area contributed by atoms with E-state index in [4.69, 9.17) is 0 Å². The van der Waals surface area contributed by atoms with Crippen LogP contribution in [0, 0.1) is 17.3 Å². The van der Waals surface area contributed by atoms with Crippen LogP contribution in [0.15, 0.2) is 70.8 Å². The molecular weight excluding hydrogens is 362 g/mol. The van der Waals surface area contributed by atoms with Crippen molar-refractivity contribution >= 4 is 22.2 Å². The summed E-state index contributed by atoms with van der Waals surface area (Å²) in [6, 6.07) is 20.1. The summed E-state index contributed by atoms with van der Waals surface area (Å²) in [4.78, 5) is 17.0. The number of pyridine rings is 1. The van der Waals surface area contributed by atoms with Crippen LogP contribution >= 0.6 is 11.3 Å². The van der Waals surface area contributed by atoms with Crippen molar-refractivity contribution in [1.82, 2.24) is 4.98 Å². The highest BCUT2D eigenvalue weighted by Gasteiger charge is 2.17. The van der Waals surface area contributed by atoms with Gasteiger partial charge in [0.05, 0.1) is 5.56 Å². The third kappa shape index (κ3) is 3.65. The topological polar surface area (TPSA) is 32.9 Å². The van der Waals surface area contributed by atoms with E-state index in [9.17, 15) is 4.79 Å². The lowest BCUT2D eigenvalue weighted by Gasteiger charge is -2.12. The van der Waals surface area contributed by atoms with E-state index in [0.29, 0.717) is 0 Å². The molecule has 28 heavy (non-hydrogen) atoms. The van der Waals surface area contributed by atoms with Crippen LogP contribution in [-0.2, 0) is 0 Å². The fourth-order valence-electron chi connectivity index (χ4n) is 3.21. The Hall–Kier alpha value is -3.09. The maximum absolute atomic E-state index is 13.0. The molecule has 2 aromatic heterocycles. The van der Waals surface area contributed by atoms with E-state index < -0.39 is 0 Å². The molecule has 0 aliphatic rings. The lowest BCUT2D eigenvalue weighted by atomic mass is 9.93. The van der Waals surface area contributed by atoms with Crippen LogP contribution < -0.4 is 5.56 Å². The van der Waals surface area contributed by atoms with Crippen molar-refractivity contribution in [2.45, 2.75) is 20.8 Å². The number of nitrogens with one attached hydrogen (secondary N) is 1. The summed E-state index contributed by atoms with van der Waals surface area (Å²) in [7, 11) is 0. The zero-order valence-electron chi connectivity index (χ0n) is 16.2. The summed E-state index contributed by atoms with van der Waals surface area (Å²) in [5, 5.41) is 3.03. The highest BCUT2D eigenvalue weighted by Crippen LogP contribution is 2.37. The predicted octanol–water partition coefficient (Wildman–Crippen LogP) is 6.32. The Labute approximate surface area is 168 Å². The van der Waals surface area contributed by atoms with Crippen LogP contribution in [0.2, 0.25) is 0 Å². The van der Waals surface area contributed by atoms with Crippen molar-refractivity contribution in [3.05, 3.63) is 82.0 Å². The number of para-hydroxylation sites is 1. The van der Waals surface area contributed by atoms with Gasteiger partial charge in [0, 0.05) is 32.3 Å². The molecule has 2 heterocycles. The van der Waals surface area contributed by atoms with Gasteiger partial charge in [0.2, 0.25) is 0 Å². The molecule has 2 nitrogen and oxygen atoms in total. The van der Waals surface area contributed by atoms with Crippen molar-refractivity contribution in [1.29, 1.82) is 0 Å². The van der Waals surface area contributed by atoms with Crippen LogP contribution in [-0.4, -0.2) is 4.98 Å². The van der Waals surface area contributed by atoms with Crippen LogP contribution in [0.4, 0.5) is 0 Å². The van der Waals surface area contributed by atoms with E-state index in [-0.39, 0.29) is 11.0 Å². The first-order valence-electron chi connectivity index (χ1n) is 9.25. The Morgan fingerprint density at radius 2 is 1.75 bits per heavy atom. The number of fused-ring (bicyclic) bond motifs is 1. The average Bonchev–Trinajstić information content (AvgIpc) is 3.19. The Balaban J connectivity index is 2.02. The van der Waals surface area contributed by atoms with E-state index in [1.165, 1.54) is 0 Å². The predicted molar refractivity (Wildman–Crippen MR) is 120 cm³/mol. The van der Waals surface area contributed by atoms with E-state index in [1.54, 1.807) is 11.3 Å². The van der Waals surface area contributed by atoms with Gasteiger partial charge in [0.1, 0.15) is 0 Å². The molecule has 0 unspecified atom stereocenters. The number of hydrogen-bond donors (Lipinski definition) is 1. The summed E-state index contributed by atoms with van der Waals surface area (Å²) in [5.74, 6) is 6.57. The second-order valence-electron chi connectivity index (χ2n) is 7.81. The van der Waals surface area contributed by atoms with Gasteiger partial charge >= 0.3 is 0 Å². The van der Waals surface area contributed by atoms with Crippen LogP contribution in [0.25, 0.3) is 32.5 Å². The number of hydrogen-bond acceptors (Lipinski definition) is 2. The van der Waals surface area contributed by atoms with Gasteiger partial charge in [-0.15, -0.1) is 11.3 Å². The lowest BCUT2D eigenvalue weighted by molar-refractivity contribution is 0.571. The molecule has 0 spiro atoms. The molecule has 0 aliphatic carbocycles. The van der Waals surface area contributed by atoms with Crippen LogP contribution in [0.3, 0.4) is 0 Å². The number of thiophene rings is 1. The molecule has 4 rings (SSSR count). The molecule has 0 bridgehead atoms. The molecule has 3 heteroatoms. The van der Waals surface area contributed by atoms with E-state index >= 15 is 0 Å². The highest BCUT2D eigenvalue weighted by atomic mass is 32.1. The quantitative estimate of drug-likeness (QED) is 0.404. The minimum absolute atomic E-state index is 0.0608. The smallest absolute Gasteiger partial charge is 0.257 e.